The second-order valence-corrected chi connectivity index (χ2v) is 6.12. The molecule has 0 unspecified atom stereocenters. The van der Waals surface area contributed by atoms with E-state index in [1.54, 1.807) is 6.92 Å². The fraction of sp³-hybridized carbons (Fsp3) is 0.444. The zero-order valence-electron chi connectivity index (χ0n) is 13.3. The first-order valence-electron chi connectivity index (χ1n) is 8.32. The lowest BCUT2D eigenvalue weighted by atomic mass is 9.99. The van der Waals surface area contributed by atoms with E-state index in [0.29, 0.717) is 12.6 Å². The first-order chi connectivity index (χ1) is 11.3. The van der Waals surface area contributed by atoms with Gasteiger partial charge in [-0.15, -0.1) is 0 Å². The lowest BCUT2D eigenvalue weighted by molar-refractivity contribution is 0.0519. The summed E-state index contributed by atoms with van der Waals surface area (Å²) in [5, 5.41) is 3.34. The summed E-state index contributed by atoms with van der Waals surface area (Å²) in [4.78, 5) is 15.9. The number of benzene rings is 1. The summed E-state index contributed by atoms with van der Waals surface area (Å²) in [5.41, 5.74) is 7.04. The Morgan fingerprint density at radius 3 is 2.57 bits per heavy atom. The van der Waals surface area contributed by atoms with Crippen LogP contribution in [-0.2, 0) is 30.4 Å². The predicted octanol–water partition coefficient (Wildman–Crippen LogP) is 3.57. The fourth-order valence-electron chi connectivity index (χ4n) is 3.70. The van der Waals surface area contributed by atoms with Gasteiger partial charge in [-0.2, -0.15) is 4.98 Å². The molecular weight excluding hydrogens is 292 g/mol. The van der Waals surface area contributed by atoms with Crippen LogP contribution in [-0.4, -0.2) is 17.6 Å². The number of fused-ring (bicyclic) bond motifs is 2. The van der Waals surface area contributed by atoms with E-state index in [9.17, 15) is 4.79 Å². The van der Waals surface area contributed by atoms with Crippen molar-refractivity contribution in [2.75, 3.05) is 11.9 Å². The molecule has 1 aromatic heterocycles. The fourth-order valence-corrected chi connectivity index (χ4v) is 3.70. The van der Waals surface area contributed by atoms with Crippen molar-refractivity contribution in [3.63, 3.8) is 0 Å². The largest absolute Gasteiger partial charge is 0.461 e. The van der Waals surface area contributed by atoms with Crippen LogP contribution in [0.15, 0.2) is 16.7 Å². The third-order valence-electron chi connectivity index (χ3n) is 4.69. The van der Waals surface area contributed by atoms with Crippen molar-refractivity contribution in [1.82, 2.24) is 4.98 Å². The van der Waals surface area contributed by atoms with Gasteiger partial charge in [0, 0.05) is 5.69 Å². The number of hydrogen-bond donors (Lipinski definition) is 1. The molecule has 5 nitrogen and oxygen atoms in total. The van der Waals surface area contributed by atoms with Crippen LogP contribution < -0.4 is 5.32 Å². The van der Waals surface area contributed by atoms with Crippen molar-refractivity contribution in [2.24, 2.45) is 0 Å². The van der Waals surface area contributed by atoms with Crippen LogP contribution >= 0.6 is 0 Å². The summed E-state index contributed by atoms with van der Waals surface area (Å²) < 4.78 is 10.4. The van der Waals surface area contributed by atoms with Gasteiger partial charge in [-0.25, -0.2) is 4.79 Å². The van der Waals surface area contributed by atoms with Crippen molar-refractivity contribution in [1.29, 1.82) is 0 Å². The third kappa shape index (κ3) is 2.50. The number of carbonyl (C=O) groups is 1. The maximum atomic E-state index is 11.7. The average molecular weight is 312 g/mol. The lowest BCUT2D eigenvalue weighted by Gasteiger charge is -2.14. The van der Waals surface area contributed by atoms with Gasteiger partial charge in [-0.3, -0.25) is 0 Å². The van der Waals surface area contributed by atoms with E-state index in [-0.39, 0.29) is 5.69 Å². The van der Waals surface area contributed by atoms with Crippen LogP contribution in [0.1, 0.15) is 52.5 Å². The van der Waals surface area contributed by atoms with Gasteiger partial charge in [-0.05, 0) is 67.7 Å². The minimum absolute atomic E-state index is 0.207. The molecule has 1 aromatic carbocycles. The van der Waals surface area contributed by atoms with Gasteiger partial charge in [0.05, 0.1) is 6.61 Å². The topological polar surface area (TPSA) is 64.4 Å². The predicted molar refractivity (Wildman–Crippen MR) is 86.2 cm³/mol. The molecule has 2 aromatic rings. The molecule has 120 valence electrons. The highest BCUT2D eigenvalue weighted by atomic mass is 16.5. The van der Waals surface area contributed by atoms with Crippen molar-refractivity contribution < 1.29 is 13.9 Å². The highest BCUT2D eigenvalue weighted by Gasteiger charge is 2.25. The van der Waals surface area contributed by atoms with Gasteiger partial charge < -0.3 is 14.5 Å². The maximum Gasteiger partial charge on any atom is 0.360 e. The lowest BCUT2D eigenvalue weighted by Crippen LogP contribution is -2.06. The monoisotopic (exact) mass is 312 g/mol. The summed E-state index contributed by atoms with van der Waals surface area (Å²) >= 11 is 0. The minimum Gasteiger partial charge on any atom is -0.461 e. The molecule has 1 heterocycles. The van der Waals surface area contributed by atoms with Gasteiger partial charge in [0.1, 0.15) is 6.26 Å². The standard InChI is InChI=1S/C18H20N2O3/c1-2-22-17(21)15-10-23-18(19-15)20-16-13-7-3-5-11(13)9-12-6-4-8-14(12)16/h9-10H,2-8H2,1H3,(H,19,20). The Kier molecular flexibility index (Phi) is 3.56. The van der Waals surface area contributed by atoms with Crippen LogP contribution in [0.3, 0.4) is 0 Å². The number of aromatic nitrogens is 1. The highest BCUT2D eigenvalue weighted by Crippen LogP contribution is 2.39. The third-order valence-corrected chi connectivity index (χ3v) is 4.69. The second kappa shape index (κ2) is 5.72. The summed E-state index contributed by atoms with van der Waals surface area (Å²) in [5.74, 6) is -0.451. The molecule has 0 radical (unpaired) electrons. The number of oxazole rings is 1. The van der Waals surface area contributed by atoms with Gasteiger partial charge in [0.25, 0.3) is 6.01 Å². The van der Waals surface area contributed by atoms with Crippen molar-refractivity contribution in [2.45, 2.75) is 45.4 Å². The van der Waals surface area contributed by atoms with Crippen LogP contribution in [0.2, 0.25) is 0 Å². The van der Waals surface area contributed by atoms with E-state index in [1.807, 2.05) is 0 Å². The van der Waals surface area contributed by atoms with Gasteiger partial charge >= 0.3 is 5.97 Å². The number of aryl methyl sites for hydroxylation is 2. The number of nitrogens with one attached hydrogen (secondary N) is 1. The zero-order chi connectivity index (χ0) is 15.8. The molecule has 2 aliphatic carbocycles. The normalized spacial score (nSPS) is 15.3. The number of hydrogen-bond acceptors (Lipinski definition) is 5. The van der Waals surface area contributed by atoms with Gasteiger partial charge in [0.15, 0.2) is 5.69 Å². The molecule has 0 amide bonds. The average Bonchev–Trinajstić information content (AvgIpc) is 3.26. The Hall–Kier alpha value is -2.30. The highest BCUT2D eigenvalue weighted by molar-refractivity contribution is 5.87. The Balaban J connectivity index is 1.66. The number of ether oxygens (including phenoxy) is 1. The smallest absolute Gasteiger partial charge is 0.360 e. The SMILES string of the molecule is CCOC(=O)c1coc(Nc2c3c(cc4c2CCC4)CCC3)n1. The van der Waals surface area contributed by atoms with E-state index >= 15 is 0 Å². The second-order valence-electron chi connectivity index (χ2n) is 6.12. The number of esters is 1. The molecule has 0 fully saturated rings. The maximum absolute atomic E-state index is 11.7. The van der Waals surface area contributed by atoms with E-state index in [1.165, 1.54) is 41.4 Å². The number of nitrogens with zero attached hydrogens (tertiary/aromatic N) is 1. The minimum atomic E-state index is -0.451. The molecule has 4 rings (SSSR count). The van der Waals surface area contributed by atoms with E-state index < -0.39 is 5.97 Å². The number of rotatable bonds is 4. The first kappa shape index (κ1) is 14.3. The summed E-state index contributed by atoms with van der Waals surface area (Å²) in [7, 11) is 0. The van der Waals surface area contributed by atoms with E-state index in [2.05, 4.69) is 16.4 Å². The van der Waals surface area contributed by atoms with Crippen LogP contribution in [0.4, 0.5) is 11.7 Å². The molecule has 5 heteroatoms. The summed E-state index contributed by atoms with van der Waals surface area (Å²) in [6, 6.07) is 2.75. The van der Waals surface area contributed by atoms with Gasteiger partial charge in [0.2, 0.25) is 0 Å². The Labute approximate surface area is 135 Å². The van der Waals surface area contributed by atoms with E-state index in [0.717, 1.165) is 31.4 Å². The molecule has 23 heavy (non-hydrogen) atoms. The van der Waals surface area contributed by atoms with Crippen LogP contribution in [0.25, 0.3) is 0 Å². The summed E-state index contributed by atoms with van der Waals surface area (Å²) in [6.45, 7) is 2.10. The molecule has 0 saturated carbocycles. The quantitative estimate of drug-likeness (QED) is 0.874. The molecule has 0 atom stereocenters. The Bertz CT molecular complexity index is 732. The van der Waals surface area contributed by atoms with Crippen molar-refractivity contribution >= 4 is 17.7 Å². The Morgan fingerprint density at radius 2 is 1.91 bits per heavy atom. The van der Waals surface area contributed by atoms with Crippen LogP contribution in [0.5, 0.6) is 0 Å². The van der Waals surface area contributed by atoms with Crippen molar-refractivity contribution in [3.8, 4) is 0 Å². The molecule has 0 bridgehead atoms. The Morgan fingerprint density at radius 1 is 1.22 bits per heavy atom. The molecule has 1 N–H and O–H groups in total. The number of anilines is 2. The summed E-state index contributed by atoms with van der Waals surface area (Å²) in [6.07, 6.45) is 8.24. The van der Waals surface area contributed by atoms with E-state index in [4.69, 9.17) is 9.15 Å². The zero-order valence-corrected chi connectivity index (χ0v) is 13.3. The van der Waals surface area contributed by atoms with Crippen molar-refractivity contribution in [3.05, 3.63) is 40.3 Å². The van der Waals surface area contributed by atoms with Crippen LogP contribution in [0, 0.1) is 0 Å². The molecule has 0 spiro atoms. The number of carbonyl (C=O) groups excluding carboxylic acids is 1. The molecule has 2 aliphatic rings. The molecule has 0 aliphatic heterocycles. The first-order valence-corrected chi connectivity index (χ1v) is 8.32. The molecular formula is C18H20N2O3. The van der Waals surface area contributed by atoms with Gasteiger partial charge in [-0.1, -0.05) is 6.07 Å². The molecule has 0 saturated heterocycles.